The van der Waals surface area contributed by atoms with Crippen LogP contribution in [0.15, 0.2) is 138 Å². The largest absolute Gasteiger partial charge is 0.311 e. The van der Waals surface area contributed by atoms with Gasteiger partial charge >= 0.3 is 0 Å². The first-order chi connectivity index (χ1) is 17.6. The molecule has 0 aliphatic heterocycles. The minimum Gasteiger partial charge on any atom is -0.311 e. The molecule has 0 fully saturated rings. The van der Waals surface area contributed by atoms with Crippen LogP contribution in [0.1, 0.15) is 6.42 Å². The summed E-state index contributed by atoms with van der Waals surface area (Å²) in [6.45, 7) is 0. The van der Waals surface area contributed by atoms with E-state index in [1.807, 2.05) is 54.6 Å². The molecular formula is C31H23B2BrN2. The van der Waals surface area contributed by atoms with Gasteiger partial charge in [0.15, 0.2) is 0 Å². The van der Waals surface area contributed by atoms with E-state index < -0.39 is 0 Å². The van der Waals surface area contributed by atoms with Gasteiger partial charge in [-0.25, -0.2) is 0 Å². The van der Waals surface area contributed by atoms with Gasteiger partial charge in [-0.05, 0) is 79.2 Å². The van der Waals surface area contributed by atoms with Crippen molar-refractivity contribution < 1.29 is 0 Å². The molecule has 0 heterocycles. The zero-order chi connectivity index (χ0) is 24.9. The first-order valence-corrected chi connectivity index (χ1v) is 12.6. The lowest BCUT2D eigenvalue weighted by atomic mass is 9.95. The zero-order valence-electron chi connectivity index (χ0n) is 19.8. The second kappa shape index (κ2) is 10.9. The first-order valence-electron chi connectivity index (χ1n) is 11.8. The number of nitrogens with zero attached hydrogens (tertiary/aromatic N) is 2. The predicted octanol–water partition coefficient (Wildman–Crippen LogP) is 7.00. The summed E-state index contributed by atoms with van der Waals surface area (Å²) in [5.74, 6) is 0. The predicted molar refractivity (Wildman–Crippen MR) is 159 cm³/mol. The van der Waals surface area contributed by atoms with Gasteiger partial charge in [-0.2, -0.15) is 0 Å². The van der Waals surface area contributed by atoms with Crippen molar-refractivity contribution in [2.45, 2.75) is 6.42 Å². The molecule has 5 heteroatoms. The van der Waals surface area contributed by atoms with Crippen LogP contribution in [0, 0.1) is 0 Å². The van der Waals surface area contributed by atoms with Crippen LogP contribution >= 0.6 is 15.9 Å². The lowest BCUT2D eigenvalue weighted by Crippen LogP contribution is -2.16. The van der Waals surface area contributed by atoms with Crippen molar-refractivity contribution in [3.8, 4) is 0 Å². The molecule has 0 saturated heterocycles. The van der Waals surface area contributed by atoms with Crippen molar-refractivity contribution >= 4 is 71.0 Å². The van der Waals surface area contributed by atoms with Gasteiger partial charge in [0.05, 0.1) is 0 Å². The Kier molecular flexibility index (Phi) is 7.29. The van der Waals surface area contributed by atoms with Crippen molar-refractivity contribution in [3.05, 3.63) is 138 Å². The molecule has 1 aliphatic rings. The van der Waals surface area contributed by atoms with Crippen LogP contribution in [0.3, 0.4) is 0 Å². The van der Waals surface area contributed by atoms with Crippen molar-refractivity contribution in [2.75, 3.05) is 9.80 Å². The van der Waals surface area contributed by atoms with Crippen LogP contribution in [0.25, 0.3) is 0 Å². The molecule has 36 heavy (non-hydrogen) atoms. The van der Waals surface area contributed by atoms with E-state index in [1.165, 1.54) is 0 Å². The number of halogens is 1. The van der Waals surface area contributed by atoms with Crippen LogP contribution in [0.2, 0.25) is 0 Å². The van der Waals surface area contributed by atoms with Gasteiger partial charge in [-0.3, -0.25) is 0 Å². The molecule has 0 bridgehead atoms. The molecule has 4 aromatic carbocycles. The molecule has 0 atom stereocenters. The average Bonchev–Trinajstić information content (AvgIpc) is 3.12. The molecule has 170 valence electrons. The average molecular weight is 525 g/mol. The fourth-order valence-corrected chi connectivity index (χ4v) is 4.55. The van der Waals surface area contributed by atoms with Crippen LogP contribution in [-0.2, 0) is 0 Å². The Hall–Kier alpha value is -3.69. The minimum absolute atomic E-state index is 0.732. The van der Waals surface area contributed by atoms with Gasteiger partial charge in [0.25, 0.3) is 0 Å². The molecule has 0 saturated carbocycles. The van der Waals surface area contributed by atoms with Gasteiger partial charge < -0.3 is 9.80 Å². The summed E-state index contributed by atoms with van der Waals surface area (Å²) in [6, 6.07) is 34.8. The SMILES string of the molecule is [B]c1ccc(N(c2ccc([B])cc2)c2ccc(N(C3=CCC=C(Br)C=C3)c3ccccc3)cc2)cc1. The maximum absolute atomic E-state index is 5.97. The quantitative estimate of drug-likeness (QED) is 0.250. The van der Waals surface area contributed by atoms with Crippen LogP contribution in [0.4, 0.5) is 28.4 Å². The number of para-hydroxylation sites is 1. The monoisotopic (exact) mass is 524 g/mol. The molecule has 2 nitrogen and oxygen atoms in total. The molecule has 4 radical (unpaired) electrons. The zero-order valence-corrected chi connectivity index (χ0v) is 21.3. The fourth-order valence-electron chi connectivity index (χ4n) is 4.23. The third-order valence-corrected chi connectivity index (χ3v) is 6.58. The number of hydrogen-bond donors (Lipinski definition) is 0. The molecule has 0 unspecified atom stereocenters. The Labute approximate surface area is 224 Å². The Morgan fingerprint density at radius 2 is 0.944 bits per heavy atom. The maximum Gasteiger partial charge on any atom is 0.113 e. The van der Waals surface area contributed by atoms with Crippen LogP contribution in [-0.4, -0.2) is 15.7 Å². The highest BCUT2D eigenvalue weighted by Gasteiger charge is 2.16. The number of benzene rings is 4. The first kappa shape index (κ1) is 24.0. The molecule has 0 aromatic heterocycles. The summed E-state index contributed by atoms with van der Waals surface area (Å²) in [4.78, 5) is 4.47. The minimum atomic E-state index is 0.732. The van der Waals surface area contributed by atoms with Gasteiger partial charge in [0.2, 0.25) is 0 Å². The molecule has 5 rings (SSSR count). The van der Waals surface area contributed by atoms with Gasteiger partial charge in [-0.15, -0.1) is 0 Å². The Morgan fingerprint density at radius 3 is 1.47 bits per heavy atom. The van der Waals surface area contributed by atoms with E-state index in [1.54, 1.807) is 0 Å². The maximum atomic E-state index is 5.97. The molecule has 1 aliphatic carbocycles. The summed E-state index contributed by atoms with van der Waals surface area (Å²) in [6.07, 6.45) is 9.48. The van der Waals surface area contributed by atoms with Crippen LogP contribution < -0.4 is 20.7 Å². The van der Waals surface area contributed by atoms with Gasteiger partial charge in [-0.1, -0.05) is 81.5 Å². The Balaban J connectivity index is 1.56. The number of allylic oxidation sites excluding steroid dienone is 5. The molecule has 4 aromatic rings. The Morgan fingerprint density at radius 1 is 0.500 bits per heavy atom. The third kappa shape index (κ3) is 5.42. The fraction of sp³-hybridized carbons (Fsp3) is 0.0323. The van der Waals surface area contributed by atoms with E-state index in [2.05, 4.69) is 98.6 Å². The summed E-state index contributed by atoms with van der Waals surface area (Å²) < 4.78 is 1.08. The van der Waals surface area contributed by atoms with E-state index in [-0.39, 0.29) is 0 Å². The highest BCUT2D eigenvalue weighted by atomic mass is 79.9. The normalized spacial score (nSPS) is 12.9. The van der Waals surface area contributed by atoms with E-state index in [4.69, 9.17) is 15.7 Å². The lowest BCUT2D eigenvalue weighted by molar-refractivity contribution is 1.18. The van der Waals surface area contributed by atoms with Crippen molar-refractivity contribution in [3.63, 3.8) is 0 Å². The third-order valence-electron chi connectivity index (χ3n) is 5.99. The summed E-state index contributed by atoms with van der Waals surface area (Å²) in [5, 5.41) is 0. The summed E-state index contributed by atoms with van der Waals surface area (Å²) in [7, 11) is 11.9. The van der Waals surface area contributed by atoms with Crippen molar-refractivity contribution in [2.24, 2.45) is 0 Å². The molecule has 0 spiro atoms. The second-order valence-corrected chi connectivity index (χ2v) is 9.41. The molecule has 0 amide bonds. The smallest absolute Gasteiger partial charge is 0.113 e. The van der Waals surface area contributed by atoms with E-state index in [9.17, 15) is 0 Å². The van der Waals surface area contributed by atoms with Crippen molar-refractivity contribution in [1.29, 1.82) is 0 Å². The second-order valence-electron chi connectivity index (χ2n) is 8.49. The standard InChI is InChI=1S/C31H23B2BrN2/c32-23-9-14-28(15-10-23)36(29-16-11-24(33)12-17-29)31-21-19-30(20-22-31)35(26-6-2-1-3-7-26)27-8-4-5-25(34)13-18-27/h1-3,5-22H,4H2. The van der Waals surface area contributed by atoms with E-state index in [0.717, 1.165) is 56.0 Å². The summed E-state index contributed by atoms with van der Waals surface area (Å²) in [5.41, 5.74) is 7.84. The Bertz CT molecular complexity index is 1360. The lowest BCUT2D eigenvalue weighted by Gasteiger charge is -2.29. The number of anilines is 5. The van der Waals surface area contributed by atoms with Gasteiger partial charge in [0, 0.05) is 38.6 Å². The van der Waals surface area contributed by atoms with E-state index in [0.29, 0.717) is 0 Å². The number of hydrogen-bond acceptors (Lipinski definition) is 2. The summed E-state index contributed by atoms with van der Waals surface area (Å²) >= 11 is 3.61. The molecule has 0 N–H and O–H groups in total. The van der Waals surface area contributed by atoms with Crippen LogP contribution in [0.5, 0.6) is 0 Å². The number of rotatable bonds is 6. The highest BCUT2D eigenvalue weighted by Crippen LogP contribution is 2.37. The topological polar surface area (TPSA) is 6.48 Å². The van der Waals surface area contributed by atoms with E-state index >= 15 is 0 Å². The van der Waals surface area contributed by atoms with Crippen molar-refractivity contribution in [1.82, 2.24) is 0 Å². The highest BCUT2D eigenvalue weighted by molar-refractivity contribution is 9.11. The van der Waals surface area contributed by atoms with Gasteiger partial charge in [0.1, 0.15) is 15.7 Å². The molecular weight excluding hydrogens is 502 g/mol.